The Bertz CT molecular complexity index is 341. The molecule has 0 saturated heterocycles. The number of aliphatic hydroxyl groups excluding tert-OH is 1. The zero-order valence-corrected chi connectivity index (χ0v) is 7.58. The standard InChI is InChI=1S/C7H10F2N4O2/c8-6(9)4(14)2-11-7(15)5-3(10)1-12-13-5/h1,4,6,14H,2,10H2,(H,11,15)(H,12,13). The second-order valence-corrected chi connectivity index (χ2v) is 2.81. The van der Waals surface area contributed by atoms with Crippen LogP contribution in [0.5, 0.6) is 0 Å². The fraction of sp³-hybridized carbons (Fsp3) is 0.429. The number of carbonyl (C=O) groups excluding carboxylic acids is 1. The zero-order valence-electron chi connectivity index (χ0n) is 7.58. The molecule has 1 unspecified atom stereocenters. The molecule has 0 spiro atoms. The highest BCUT2D eigenvalue weighted by Gasteiger charge is 2.19. The van der Waals surface area contributed by atoms with Gasteiger partial charge in [-0.3, -0.25) is 9.89 Å². The molecule has 1 atom stereocenters. The summed E-state index contributed by atoms with van der Waals surface area (Å²) >= 11 is 0. The van der Waals surface area contributed by atoms with Crippen molar-refractivity contribution in [2.45, 2.75) is 12.5 Å². The molecule has 15 heavy (non-hydrogen) atoms. The molecule has 1 aromatic heterocycles. The average Bonchev–Trinajstić information content (AvgIpc) is 2.60. The third-order valence-corrected chi connectivity index (χ3v) is 1.66. The third-order valence-electron chi connectivity index (χ3n) is 1.66. The van der Waals surface area contributed by atoms with Crippen LogP contribution in [-0.2, 0) is 0 Å². The molecular formula is C7H10F2N4O2. The predicted molar refractivity (Wildman–Crippen MR) is 47.3 cm³/mol. The number of rotatable bonds is 4. The molecule has 0 aromatic carbocycles. The van der Waals surface area contributed by atoms with Crippen LogP contribution in [0, 0.1) is 0 Å². The number of aromatic nitrogens is 2. The van der Waals surface area contributed by atoms with Crippen LogP contribution < -0.4 is 11.1 Å². The summed E-state index contributed by atoms with van der Waals surface area (Å²) < 4.78 is 23.7. The van der Waals surface area contributed by atoms with E-state index in [-0.39, 0.29) is 11.4 Å². The first-order valence-electron chi connectivity index (χ1n) is 4.05. The van der Waals surface area contributed by atoms with Gasteiger partial charge in [-0.05, 0) is 0 Å². The average molecular weight is 220 g/mol. The van der Waals surface area contributed by atoms with E-state index in [9.17, 15) is 13.6 Å². The summed E-state index contributed by atoms with van der Waals surface area (Å²) in [7, 11) is 0. The first-order valence-corrected chi connectivity index (χ1v) is 4.05. The number of nitrogens with two attached hydrogens (primary N) is 1. The Kier molecular flexibility index (Phi) is 3.56. The van der Waals surface area contributed by atoms with Crippen molar-refractivity contribution in [2.75, 3.05) is 12.3 Å². The summed E-state index contributed by atoms with van der Waals surface area (Å²) in [5, 5.41) is 16.6. The monoisotopic (exact) mass is 220 g/mol. The van der Waals surface area contributed by atoms with Gasteiger partial charge in [-0.2, -0.15) is 5.10 Å². The molecule has 5 N–H and O–H groups in total. The van der Waals surface area contributed by atoms with Crippen LogP contribution >= 0.6 is 0 Å². The highest BCUT2D eigenvalue weighted by molar-refractivity contribution is 5.96. The van der Waals surface area contributed by atoms with Gasteiger partial charge in [-0.15, -0.1) is 0 Å². The van der Waals surface area contributed by atoms with Crippen LogP contribution in [-0.4, -0.2) is 40.3 Å². The number of aliphatic hydroxyl groups is 1. The summed E-state index contributed by atoms with van der Waals surface area (Å²) in [6.07, 6.45) is -3.57. The fourth-order valence-electron chi connectivity index (χ4n) is 0.852. The van der Waals surface area contributed by atoms with E-state index in [1.165, 1.54) is 6.20 Å². The number of H-pyrrole nitrogens is 1. The van der Waals surface area contributed by atoms with Gasteiger partial charge in [0.15, 0.2) is 0 Å². The molecule has 0 aliphatic rings. The van der Waals surface area contributed by atoms with Crippen molar-refractivity contribution in [1.82, 2.24) is 15.5 Å². The summed E-state index contributed by atoms with van der Waals surface area (Å²) in [6.45, 7) is -0.547. The molecule has 1 heterocycles. The number of hydrogen-bond acceptors (Lipinski definition) is 4. The lowest BCUT2D eigenvalue weighted by molar-refractivity contribution is -0.00272. The largest absolute Gasteiger partial charge is 0.396 e. The number of nitrogens with one attached hydrogen (secondary N) is 2. The van der Waals surface area contributed by atoms with Crippen LogP contribution in [0.1, 0.15) is 10.5 Å². The summed E-state index contributed by atoms with van der Waals surface area (Å²) in [5.74, 6) is -0.690. The maximum Gasteiger partial charge on any atom is 0.271 e. The Labute approximate surface area is 83.5 Å². The molecule has 8 heteroatoms. The number of aromatic amines is 1. The normalized spacial score (nSPS) is 12.8. The van der Waals surface area contributed by atoms with Crippen LogP contribution in [0.3, 0.4) is 0 Å². The van der Waals surface area contributed by atoms with Gasteiger partial charge in [0.1, 0.15) is 11.8 Å². The molecule has 0 aliphatic carbocycles. The van der Waals surface area contributed by atoms with Crippen molar-refractivity contribution in [3.63, 3.8) is 0 Å². The smallest absolute Gasteiger partial charge is 0.271 e. The number of alkyl halides is 2. The Morgan fingerprint density at radius 1 is 1.73 bits per heavy atom. The van der Waals surface area contributed by atoms with Gasteiger partial charge in [0.05, 0.1) is 11.9 Å². The van der Waals surface area contributed by atoms with Crippen molar-refractivity contribution in [3.05, 3.63) is 11.9 Å². The number of hydrogen-bond donors (Lipinski definition) is 4. The Hall–Kier alpha value is -1.70. The molecule has 1 rings (SSSR count). The lowest BCUT2D eigenvalue weighted by Crippen LogP contribution is -2.36. The van der Waals surface area contributed by atoms with E-state index < -0.39 is 25.0 Å². The van der Waals surface area contributed by atoms with Crippen molar-refractivity contribution >= 4 is 11.6 Å². The second kappa shape index (κ2) is 4.69. The minimum atomic E-state index is -2.90. The second-order valence-electron chi connectivity index (χ2n) is 2.81. The quantitative estimate of drug-likeness (QED) is 0.541. The predicted octanol–water partition coefficient (Wildman–Crippen LogP) is -0.652. The number of halogens is 2. The summed E-state index contributed by atoms with van der Waals surface area (Å²) in [4.78, 5) is 11.2. The molecule has 1 aromatic rings. The van der Waals surface area contributed by atoms with Gasteiger partial charge in [0.25, 0.3) is 12.3 Å². The van der Waals surface area contributed by atoms with Crippen LogP contribution in [0.4, 0.5) is 14.5 Å². The van der Waals surface area contributed by atoms with Crippen LogP contribution in [0.15, 0.2) is 6.20 Å². The zero-order chi connectivity index (χ0) is 11.4. The van der Waals surface area contributed by atoms with E-state index in [1.54, 1.807) is 0 Å². The minimum Gasteiger partial charge on any atom is -0.396 e. The van der Waals surface area contributed by atoms with Gasteiger partial charge in [0.2, 0.25) is 0 Å². The van der Waals surface area contributed by atoms with Gasteiger partial charge in [-0.25, -0.2) is 8.78 Å². The molecule has 0 fully saturated rings. The minimum absolute atomic E-state index is 0.0172. The first kappa shape index (κ1) is 11.4. The molecule has 0 aliphatic heterocycles. The van der Waals surface area contributed by atoms with E-state index in [0.29, 0.717) is 0 Å². The van der Waals surface area contributed by atoms with Gasteiger partial charge >= 0.3 is 0 Å². The number of carbonyl (C=O) groups is 1. The van der Waals surface area contributed by atoms with Crippen molar-refractivity contribution < 1.29 is 18.7 Å². The maximum absolute atomic E-state index is 11.9. The number of amides is 1. The van der Waals surface area contributed by atoms with Crippen molar-refractivity contribution in [1.29, 1.82) is 0 Å². The Morgan fingerprint density at radius 3 is 2.87 bits per heavy atom. The SMILES string of the molecule is Nc1cn[nH]c1C(=O)NCC(O)C(F)F. The number of anilines is 1. The summed E-state index contributed by atoms with van der Waals surface area (Å²) in [5.41, 5.74) is 5.44. The fourth-order valence-corrected chi connectivity index (χ4v) is 0.852. The van der Waals surface area contributed by atoms with Gasteiger partial charge in [0, 0.05) is 6.54 Å². The van der Waals surface area contributed by atoms with Crippen molar-refractivity contribution in [2.24, 2.45) is 0 Å². The first-order chi connectivity index (χ1) is 7.02. The van der Waals surface area contributed by atoms with Gasteiger partial charge < -0.3 is 16.2 Å². The highest BCUT2D eigenvalue weighted by Crippen LogP contribution is 2.05. The number of nitrogen functional groups attached to an aromatic ring is 1. The molecule has 0 radical (unpaired) electrons. The van der Waals surface area contributed by atoms with E-state index >= 15 is 0 Å². The molecule has 0 bridgehead atoms. The Balaban J connectivity index is 2.47. The third kappa shape index (κ3) is 2.88. The molecular weight excluding hydrogens is 210 g/mol. The van der Waals surface area contributed by atoms with Crippen molar-refractivity contribution in [3.8, 4) is 0 Å². The summed E-state index contributed by atoms with van der Waals surface area (Å²) in [6, 6.07) is 0. The molecule has 6 nitrogen and oxygen atoms in total. The Morgan fingerprint density at radius 2 is 2.40 bits per heavy atom. The van der Waals surface area contributed by atoms with Gasteiger partial charge in [-0.1, -0.05) is 0 Å². The number of nitrogens with zero attached hydrogens (tertiary/aromatic N) is 1. The lowest BCUT2D eigenvalue weighted by Gasteiger charge is -2.09. The van der Waals surface area contributed by atoms with E-state index in [1.807, 2.05) is 0 Å². The van der Waals surface area contributed by atoms with Crippen LogP contribution in [0.2, 0.25) is 0 Å². The topological polar surface area (TPSA) is 104 Å². The highest BCUT2D eigenvalue weighted by atomic mass is 19.3. The van der Waals surface area contributed by atoms with E-state index in [2.05, 4.69) is 15.5 Å². The van der Waals surface area contributed by atoms with E-state index in [0.717, 1.165) is 0 Å². The molecule has 1 amide bonds. The maximum atomic E-state index is 11.9. The van der Waals surface area contributed by atoms with E-state index in [4.69, 9.17) is 10.8 Å². The van der Waals surface area contributed by atoms with Crippen LogP contribution in [0.25, 0.3) is 0 Å². The molecule has 84 valence electrons. The molecule has 0 saturated carbocycles. The lowest BCUT2D eigenvalue weighted by atomic mass is 10.3.